The molecule has 0 amide bonds. The van der Waals surface area contributed by atoms with Gasteiger partial charge in [0.25, 0.3) is 0 Å². The van der Waals surface area contributed by atoms with Gasteiger partial charge in [-0.2, -0.15) is 0 Å². The molecule has 5 rings (SSSR count). The minimum atomic E-state index is -2.02. The first-order chi connectivity index (χ1) is 16.7. The van der Waals surface area contributed by atoms with Crippen LogP contribution in [0.4, 0.5) is 0 Å². The average Bonchev–Trinajstić information content (AvgIpc) is 2.83. The topological polar surface area (TPSA) is 154 Å². The van der Waals surface area contributed by atoms with E-state index in [1.54, 1.807) is 51.1 Å². The second-order valence-electron chi connectivity index (χ2n) is 11.6. The van der Waals surface area contributed by atoms with Crippen LogP contribution in [0.3, 0.4) is 0 Å². The number of aliphatic hydroxyl groups excluding tert-OH is 3. The number of rotatable bonds is 2. The van der Waals surface area contributed by atoms with E-state index >= 15 is 0 Å². The van der Waals surface area contributed by atoms with Gasteiger partial charge in [-0.15, -0.1) is 0 Å². The van der Waals surface area contributed by atoms with Crippen LogP contribution in [-0.4, -0.2) is 85.6 Å². The molecule has 5 N–H and O–H groups in total. The van der Waals surface area contributed by atoms with Crippen LogP contribution in [0.1, 0.15) is 50.9 Å². The van der Waals surface area contributed by atoms with Crippen LogP contribution in [-0.2, 0) is 14.3 Å². The number of carbonyl (C=O) groups is 2. The van der Waals surface area contributed by atoms with Gasteiger partial charge in [0.05, 0.1) is 35.9 Å². The third-order valence-corrected chi connectivity index (χ3v) is 9.64. The Morgan fingerprint density at radius 1 is 1.08 bits per heavy atom. The third kappa shape index (κ3) is 3.81. The van der Waals surface area contributed by atoms with Crippen molar-refractivity contribution in [1.82, 2.24) is 0 Å². The summed E-state index contributed by atoms with van der Waals surface area (Å²) in [5, 5.41) is 57.9. The summed E-state index contributed by atoms with van der Waals surface area (Å²) in [4.78, 5) is 27.4. The van der Waals surface area contributed by atoms with Crippen molar-refractivity contribution in [2.24, 2.45) is 16.7 Å². The maximum atomic E-state index is 14.0. The number of Topliss-reactive ketones (excluding diaryl/α,β-unsaturated/α-hetero) is 1. The predicted octanol–water partition coefficient (Wildman–Crippen LogP) is 0.511. The number of esters is 1. The number of hydrogen-bond donors (Lipinski definition) is 5. The standard InChI is InChI=1S/C27H34O9.Ac/c1-13-15(28)11-27(34)22(36-23(32)14-8-6-5-7-9-14)20-25(4,16(29)10-17-26(20,33)12-35-17)21(31)19(30)18(13)24(27,2)3;/h5-9,15-17,19-20,22,28-30,33-34H,10-12H2,1-4H3;/t15?,16?,17?,19?,20?,22?,25-,26+,27?;/m1./s1. The minimum absolute atomic E-state index is 0. The quantitative estimate of drug-likeness (QED) is 0.217. The predicted molar refractivity (Wildman–Crippen MR) is 126 cm³/mol. The van der Waals surface area contributed by atoms with E-state index in [4.69, 9.17) is 9.47 Å². The molecule has 7 unspecified atom stereocenters. The number of benzene rings is 1. The molecule has 9 nitrogen and oxygen atoms in total. The van der Waals surface area contributed by atoms with Gasteiger partial charge in [-0.1, -0.05) is 32.0 Å². The zero-order chi connectivity index (χ0) is 26.4. The number of fused-ring (bicyclic) bond motifs is 5. The first-order valence-electron chi connectivity index (χ1n) is 12.3. The summed E-state index contributed by atoms with van der Waals surface area (Å²) >= 11 is 0. The van der Waals surface area contributed by atoms with E-state index in [1.807, 2.05) is 0 Å². The Morgan fingerprint density at radius 3 is 2.27 bits per heavy atom. The minimum Gasteiger partial charge on any atom is -0.455 e. The Bertz CT molecular complexity index is 1140. The molecule has 1 aromatic rings. The number of hydrogen-bond acceptors (Lipinski definition) is 9. The zero-order valence-electron chi connectivity index (χ0n) is 21.4. The smallest absolute Gasteiger partial charge is 0.338 e. The molecule has 1 heterocycles. The van der Waals surface area contributed by atoms with Gasteiger partial charge in [0.1, 0.15) is 23.4 Å². The monoisotopic (exact) mass is 729 g/mol. The maximum absolute atomic E-state index is 14.0. The summed E-state index contributed by atoms with van der Waals surface area (Å²) in [7, 11) is 0. The molecule has 1 saturated heterocycles. The van der Waals surface area contributed by atoms with Gasteiger partial charge in [0.15, 0.2) is 5.78 Å². The van der Waals surface area contributed by atoms with Crippen LogP contribution in [0, 0.1) is 60.8 Å². The molecule has 4 aliphatic rings. The molecule has 2 saturated carbocycles. The number of carbonyl (C=O) groups excluding carboxylic acids is 2. The van der Waals surface area contributed by atoms with Crippen LogP contribution in [0.15, 0.2) is 41.5 Å². The molecule has 0 aromatic heterocycles. The summed E-state index contributed by atoms with van der Waals surface area (Å²) in [5.74, 6) is -2.89. The van der Waals surface area contributed by atoms with Crippen LogP contribution in [0.2, 0.25) is 0 Å². The number of ketones is 1. The van der Waals surface area contributed by atoms with Crippen molar-refractivity contribution in [3.63, 3.8) is 0 Å². The van der Waals surface area contributed by atoms with Gasteiger partial charge in [-0.25, -0.2) is 4.79 Å². The maximum Gasteiger partial charge on any atom is 0.338 e. The van der Waals surface area contributed by atoms with E-state index in [-0.39, 0.29) is 74.6 Å². The van der Waals surface area contributed by atoms with E-state index < -0.39 is 70.2 Å². The van der Waals surface area contributed by atoms with Crippen LogP contribution < -0.4 is 0 Å². The molecule has 1 aromatic carbocycles. The third-order valence-electron chi connectivity index (χ3n) is 9.64. The Morgan fingerprint density at radius 2 is 1.70 bits per heavy atom. The SMILES string of the molecule is CC1=C2C(O)C(=O)[C@]3(C)C(O)CC4OC[C@@]4(O)C3C(OC(=O)c3ccccc3)C(O)(CC1O)C2(C)C.[Ac]. The summed E-state index contributed by atoms with van der Waals surface area (Å²) in [6.45, 7) is 6.07. The molecular formula is C27H34AcO9. The molecule has 37 heavy (non-hydrogen) atoms. The molecule has 0 spiro atoms. The van der Waals surface area contributed by atoms with Gasteiger partial charge in [-0.3, -0.25) is 4.79 Å². The van der Waals surface area contributed by atoms with Crippen molar-refractivity contribution in [1.29, 1.82) is 0 Å². The fraction of sp³-hybridized carbons (Fsp3) is 0.630. The van der Waals surface area contributed by atoms with Crippen molar-refractivity contribution >= 4 is 11.8 Å². The zero-order valence-corrected chi connectivity index (χ0v) is 26.2. The molecule has 3 fully saturated rings. The first kappa shape index (κ1) is 29.3. The van der Waals surface area contributed by atoms with E-state index in [0.29, 0.717) is 5.57 Å². The van der Waals surface area contributed by atoms with Crippen molar-refractivity contribution in [3.8, 4) is 0 Å². The second kappa shape index (κ2) is 9.45. The van der Waals surface area contributed by atoms with Crippen molar-refractivity contribution in [2.45, 2.75) is 82.3 Å². The Labute approximate surface area is 251 Å². The largest absolute Gasteiger partial charge is 0.455 e. The molecule has 1 aliphatic heterocycles. The van der Waals surface area contributed by atoms with Gasteiger partial charge >= 0.3 is 5.97 Å². The van der Waals surface area contributed by atoms with Crippen LogP contribution in [0.25, 0.3) is 0 Å². The summed E-state index contributed by atoms with van der Waals surface area (Å²) in [5.41, 5.74) is -6.24. The molecule has 2 bridgehead atoms. The van der Waals surface area contributed by atoms with Crippen molar-refractivity contribution in [3.05, 3.63) is 47.0 Å². The van der Waals surface area contributed by atoms with E-state index in [9.17, 15) is 35.1 Å². The second-order valence-corrected chi connectivity index (χ2v) is 11.6. The van der Waals surface area contributed by atoms with Gasteiger partial charge in [-0.05, 0) is 37.1 Å². The first-order valence-corrected chi connectivity index (χ1v) is 12.3. The Balaban J connectivity index is 0.00000320. The molecular weight excluding hydrogens is 695 g/mol. The van der Waals surface area contributed by atoms with Crippen LogP contribution in [0.5, 0.6) is 0 Å². The van der Waals surface area contributed by atoms with Gasteiger partial charge in [0, 0.05) is 68.2 Å². The molecule has 1 radical (unpaired) electrons. The fourth-order valence-corrected chi connectivity index (χ4v) is 7.26. The summed E-state index contributed by atoms with van der Waals surface area (Å²) in [6.07, 6.45) is -7.08. The van der Waals surface area contributed by atoms with Crippen molar-refractivity contribution < 1.29 is 88.7 Å². The molecule has 9 atom stereocenters. The number of aliphatic hydroxyl groups is 5. The Kier molecular flexibility index (Phi) is 7.48. The molecule has 199 valence electrons. The van der Waals surface area contributed by atoms with Crippen molar-refractivity contribution in [2.75, 3.05) is 6.61 Å². The van der Waals surface area contributed by atoms with Crippen LogP contribution >= 0.6 is 0 Å². The Hall–Kier alpha value is -0.698. The van der Waals surface area contributed by atoms with E-state index in [2.05, 4.69) is 0 Å². The summed E-state index contributed by atoms with van der Waals surface area (Å²) < 4.78 is 11.6. The normalized spacial score (nSPS) is 44.3. The molecule has 10 heteroatoms. The summed E-state index contributed by atoms with van der Waals surface area (Å²) in [6, 6.07) is 8.12. The number of ether oxygens (including phenoxy) is 2. The van der Waals surface area contributed by atoms with Gasteiger partial charge < -0.3 is 35.0 Å². The average molecular weight is 730 g/mol. The van der Waals surface area contributed by atoms with E-state index in [1.165, 1.54) is 6.92 Å². The van der Waals surface area contributed by atoms with E-state index in [0.717, 1.165) is 0 Å². The van der Waals surface area contributed by atoms with Gasteiger partial charge in [0.2, 0.25) is 0 Å². The molecule has 3 aliphatic carbocycles. The fourth-order valence-electron chi connectivity index (χ4n) is 7.26.